The number of fused-ring (bicyclic) bond motifs is 1. The van der Waals surface area contributed by atoms with Crippen molar-refractivity contribution in [1.82, 2.24) is 4.90 Å². The smallest absolute Gasteiger partial charge is 0.206 e. The van der Waals surface area contributed by atoms with Crippen LogP contribution in [-0.2, 0) is 6.42 Å². The quantitative estimate of drug-likeness (QED) is 0.305. The van der Waals surface area contributed by atoms with E-state index in [2.05, 4.69) is 4.90 Å². The summed E-state index contributed by atoms with van der Waals surface area (Å²) in [5.74, 6) is 0.612. The lowest BCUT2D eigenvalue weighted by Gasteiger charge is -2.37. The zero-order valence-electron chi connectivity index (χ0n) is 18.3. The van der Waals surface area contributed by atoms with Crippen LogP contribution in [0.15, 0.2) is 66.7 Å². The number of nitrogens with zero attached hydrogens (tertiary/aromatic N) is 1. The number of hydrogen-bond donors (Lipinski definition) is 1. The average molecular weight is 480 g/mol. The number of carbonyl (C=O) groups excluding carboxylic acids is 1. The monoisotopic (exact) mass is 479 g/mol. The molecule has 0 radical (unpaired) electrons. The van der Waals surface area contributed by atoms with Gasteiger partial charge in [-0.1, -0.05) is 12.1 Å². The molecule has 1 aromatic heterocycles. The van der Waals surface area contributed by atoms with Crippen LogP contribution >= 0.6 is 11.3 Å². The third-order valence-electron chi connectivity index (χ3n) is 6.05. The minimum atomic E-state index is -0.411. The highest BCUT2D eigenvalue weighted by Crippen LogP contribution is 2.42. The summed E-state index contributed by atoms with van der Waals surface area (Å²) in [4.78, 5) is 15.9. The van der Waals surface area contributed by atoms with Crippen molar-refractivity contribution < 1.29 is 23.4 Å². The Bertz CT molecular complexity index is 1310. The molecule has 0 unspecified atom stereocenters. The lowest BCUT2D eigenvalue weighted by atomic mass is 10.0. The standard InChI is InChI=1S/C27H23F2NO3S/c28-14-18-15-30(16-18)12-11-17-1-8-22(9-2-17)33-26-23-10-7-21(31)13-24(23)34-27(26)25(32)19-3-5-20(29)6-4-19/h1-10,13,18,31H,11-12,14-16H2. The number of ether oxygens (including phenoxy) is 1. The van der Waals surface area contributed by atoms with Crippen molar-refractivity contribution in [1.29, 1.82) is 0 Å². The summed E-state index contributed by atoms with van der Waals surface area (Å²) in [6, 6.07) is 18.0. The average Bonchev–Trinajstić information content (AvgIpc) is 3.16. The molecule has 7 heteroatoms. The molecule has 1 N–H and O–H groups in total. The summed E-state index contributed by atoms with van der Waals surface area (Å²) >= 11 is 1.23. The van der Waals surface area contributed by atoms with Gasteiger partial charge in [0.1, 0.15) is 22.2 Å². The number of rotatable bonds is 8. The Morgan fingerprint density at radius 1 is 1.06 bits per heavy atom. The number of benzene rings is 3. The first-order valence-corrected chi connectivity index (χ1v) is 11.9. The first kappa shape index (κ1) is 22.5. The zero-order valence-corrected chi connectivity index (χ0v) is 19.2. The Hall–Kier alpha value is -3.29. The third kappa shape index (κ3) is 4.67. The van der Waals surface area contributed by atoms with Gasteiger partial charge in [-0.3, -0.25) is 9.18 Å². The number of halogens is 2. The topological polar surface area (TPSA) is 49.8 Å². The molecule has 0 amide bonds. The molecule has 4 aromatic rings. The lowest BCUT2D eigenvalue weighted by Crippen LogP contribution is -2.48. The van der Waals surface area contributed by atoms with Gasteiger partial charge in [0.2, 0.25) is 5.78 Å². The van der Waals surface area contributed by atoms with Crippen LogP contribution in [0.3, 0.4) is 0 Å². The second kappa shape index (κ2) is 9.52. The van der Waals surface area contributed by atoms with E-state index in [1.165, 1.54) is 35.6 Å². The second-order valence-electron chi connectivity index (χ2n) is 8.55. The van der Waals surface area contributed by atoms with Crippen LogP contribution in [0.2, 0.25) is 0 Å². The molecule has 5 rings (SSSR count). The molecular weight excluding hydrogens is 456 g/mol. The lowest BCUT2D eigenvalue weighted by molar-refractivity contribution is 0.0824. The van der Waals surface area contributed by atoms with Gasteiger partial charge < -0.3 is 14.7 Å². The molecule has 0 atom stereocenters. The summed E-state index contributed by atoms with van der Waals surface area (Å²) in [5, 5.41) is 10.6. The number of likely N-dealkylation sites (tertiary alicyclic amines) is 1. The van der Waals surface area contributed by atoms with Crippen LogP contribution in [0.5, 0.6) is 17.2 Å². The summed E-state index contributed by atoms with van der Waals surface area (Å²) in [6.07, 6.45) is 0.869. The predicted molar refractivity (Wildman–Crippen MR) is 129 cm³/mol. The van der Waals surface area contributed by atoms with Crippen LogP contribution in [0.1, 0.15) is 20.8 Å². The fourth-order valence-corrected chi connectivity index (χ4v) is 5.26. The van der Waals surface area contributed by atoms with Crippen LogP contribution < -0.4 is 4.74 Å². The van der Waals surface area contributed by atoms with E-state index < -0.39 is 5.82 Å². The van der Waals surface area contributed by atoms with Crippen molar-refractivity contribution in [3.05, 3.63) is 88.6 Å². The fraction of sp³-hybridized carbons (Fsp3) is 0.222. The van der Waals surface area contributed by atoms with Gasteiger partial charge in [0.25, 0.3) is 0 Å². The maximum absolute atomic E-state index is 13.3. The Labute approximate surface area is 200 Å². The van der Waals surface area contributed by atoms with E-state index in [9.17, 15) is 18.7 Å². The maximum atomic E-state index is 13.3. The Kier molecular flexibility index (Phi) is 6.30. The van der Waals surface area contributed by atoms with Gasteiger partial charge in [-0.2, -0.15) is 0 Å². The number of alkyl halides is 1. The summed E-state index contributed by atoms with van der Waals surface area (Å²) in [5.41, 5.74) is 1.51. The number of thiophene rings is 1. The second-order valence-corrected chi connectivity index (χ2v) is 9.60. The molecule has 0 spiro atoms. The third-order valence-corrected chi connectivity index (χ3v) is 7.18. The van der Waals surface area contributed by atoms with Gasteiger partial charge in [0.05, 0.1) is 6.67 Å². The number of phenols is 1. The van der Waals surface area contributed by atoms with Gasteiger partial charge in [-0.25, -0.2) is 4.39 Å². The fourth-order valence-electron chi connectivity index (χ4n) is 4.13. The molecule has 3 aromatic carbocycles. The number of ketones is 1. The molecule has 4 nitrogen and oxygen atoms in total. The molecule has 1 aliphatic heterocycles. The minimum absolute atomic E-state index is 0.102. The molecular formula is C27H23F2NO3S. The van der Waals surface area contributed by atoms with E-state index >= 15 is 0 Å². The highest BCUT2D eigenvalue weighted by Gasteiger charge is 2.26. The Morgan fingerprint density at radius 3 is 2.50 bits per heavy atom. The number of carbonyl (C=O) groups is 1. The van der Waals surface area contributed by atoms with E-state index in [0.717, 1.165) is 41.7 Å². The van der Waals surface area contributed by atoms with Crippen molar-refractivity contribution >= 4 is 27.2 Å². The van der Waals surface area contributed by atoms with E-state index in [1.807, 2.05) is 24.3 Å². The molecule has 0 saturated carbocycles. The van der Waals surface area contributed by atoms with Crippen molar-refractivity contribution in [3.8, 4) is 17.2 Å². The van der Waals surface area contributed by atoms with E-state index in [1.54, 1.807) is 18.2 Å². The van der Waals surface area contributed by atoms with Crippen LogP contribution in [0.25, 0.3) is 10.1 Å². The SMILES string of the molecule is O=C(c1ccc(F)cc1)c1sc2cc(O)ccc2c1Oc1ccc(CCN2CC(CF)C2)cc1. The first-order chi connectivity index (χ1) is 16.5. The van der Waals surface area contributed by atoms with Crippen LogP contribution in [0.4, 0.5) is 8.78 Å². The Balaban J connectivity index is 1.37. The minimum Gasteiger partial charge on any atom is -0.508 e. The molecule has 1 aliphatic rings. The van der Waals surface area contributed by atoms with Crippen molar-refractivity contribution in [2.24, 2.45) is 5.92 Å². The molecule has 2 heterocycles. The van der Waals surface area contributed by atoms with Gasteiger partial charge in [-0.15, -0.1) is 11.3 Å². The van der Waals surface area contributed by atoms with Crippen molar-refractivity contribution in [3.63, 3.8) is 0 Å². The number of hydrogen-bond acceptors (Lipinski definition) is 5. The summed E-state index contributed by atoms with van der Waals surface area (Å²) in [6.45, 7) is 2.30. The molecule has 1 fully saturated rings. The molecule has 0 bridgehead atoms. The normalized spacial score (nSPS) is 14.3. The molecule has 174 valence electrons. The van der Waals surface area contributed by atoms with Gasteiger partial charge in [0.15, 0.2) is 5.75 Å². The van der Waals surface area contributed by atoms with Crippen molar-refractivity contribution in [2.45, 2.75) is 6.42 Å². The predicted octanol–water partition coefficient (Wildman–Crippen LogP) is 6.21. The highest BCUT2D eigenvalue weighted by atomic mass is 32.1. The number of aromatic hydroxyl groups is 1. The largest absolute Gasteiger partial charge is 0.508 e. The van der Waals surface area contributed by atoms with Gasteiger partial charge in [-0.05, 0) is 66.6 Å². The van der Waals surface area contributed by atoms with E-state index in [4.69, 9.17) is 4.74 Å². The molecule has 34 heavy (non-hydrogen) atoms. The zero-order chi connectivity index (χ0) is 23.7. The summed E-state index contributed by atoms with van der Waals surface area (Å²) in [7, 11) is 0. The molecule has 0 aliphatic carbocycles. The van der Waals surface area contributed by atoms with E-state index in [0.29, 0.717) is 21.9 Å². The first-order valence-electron chi connectivity index (χ1n) is 11.1. The molecule has 1 saturated heterocycles. The maximum Gasteiger partial charge on any atom is 0.206 e. The Morgan fingerprint density at radius 2 is 1.79 bits per heavy atom. The summed E-state index contributed by atoms with van der Waals surface area (Å²) < 4.78 is 32.8. The van der Waals surface area contributed by atoms with Crippen LogP contribution in [-0.4, -0.2) is 42.1 Å². The number of phenolic OH excluding ortho intramolecular Hbond substituents is 1. The van der Waals surface area contributed by atoms with Gasteiger partial charge >= 0.3 is 0 Å². The van der Waals surface area contributed by atoms with Crippen molar-refractivity contribution in [2.75, 3.05) is 26.3 Å². The van der Waals surface area contributed by atoms with E-state index in [-0.39, 0.29) is 24.1 Å². The van der Waals surface area contributed by atoms with Crippen LogP contribution in [0, 0.1) is 11.7 Å². The van der Waals surface area contributed by atoms with Gasteiger partial charge in [0, 0.05) is 41.2 Å². The highest BCUT2D eigenvalue weighted by molar-refractivity contribution is 7.21.